The molecule has 0 aliphatic rings. The Kier molecular flexibility index (Phi) is 4.18. The Hall–Kier alpha value is -1.19. The molecule has 0 spiro atoms. The molecule has 0 fully saturated rings. The van der Waals surface area contributed by atoms with Crippen LogP contribution in [-0.4, -0.2) is 37.6 Å². The molecule has 0 unspecified atom stereocenters. The average molecular weight is 169 g/mol. The molecular formula is C8H15N3O. The first-order valence-corrected chi connectivity index (χ1v) is 3.75. The van der Waals surface area contributed by atoms with Crippen molar-refractivity contribution in [2.75, 3.05) is 14.1 Å². The van der Waals surface area contributed by atoms with E-state index in [1.54, 1.807) is 14.1 Å². The predicted molar refractivity (Wildman–Crippen MR) is 50.9 cm³/mol. The lowest BCUT2D eigenvalue weighted by Gasteiger charge is -2.07. The van der Waals surface area contributed by atoms with E-state index in [0.717, 1.165) is 0 Å². The maximum Gasteiger partial charge on any atom is 0.344 e. The van der Waals surface area contributed by atoms with E-state index >= 15 is 0 Å². The number of hydrogen-bond acceptors (Lipinski definition) is 1. The van der Waals surface area contributed by atoms with Gasteiger partial charge in [-0.25, -0.2) is 9.79 Å². The molecule has 0 aliphatic heterocycles. The third-order valence-corrected chi connectivity index (χ3v) is 1.27. The van der Waals surface area contributed by atoms with Gasteiger partial charge in [0.1, 0.15) is 5.84 Å². The third-order valence-electron chi connectivity index (χ3n) is 1.27. The second-order valence-corrected chi connectivity index (χ2v) is 2.96. The van der Waals surface area contributed by atoms with Crippen LogP contribution in [0.5, 0.6) is 0 Å². The molecule has 12 heavy (non-hydrogen) atoms. The monoisotopic (exact) mass is 169 g/mol. The van der Waals surface area contributed by atoms with Crippen LogP contribution in [0.4, 0.5) is 4.79 Å². The molecule has 0 aromatic rings. The number of urea groups is 1. The lowest BCUT2D eigenvalue weighted by Crippen LogP contribution is -2.20. The van der Waals surface area contributed by atoms with Gasteiger partial charge >= 0.3 is 6.03 Å². The van der Waals surface area contributed by atoms with Crippen molar-refractivity contribution in [2.24, 2.45) is 15.9 Å². The Balaban J connectivity index is 4.49. The van der Waals surface area contributed by atoms with Crippen molar-refractivity contribution < 1.29 is 4.79 Å². The molecule has 0 radical (unpaired) electrons. The minimum absolute atomic E-state index is 0.131. The lowest BCUT2D eigenvalue weighted by atomic mass is 10.2. The lowest BCUT2D eigenvalue weighted by molar-refractivity contribution is 0.227. The van der Waals surface area contributed by atoms with Gasteiger partial charge in [0, 0.05) is 20.0 Å². The van der Waals surface area contributed by atoms with Gasteiger partial charge in [-0.1, -0.05) is 13.8 Å². The van der Waals surface area contributed by atoms with Gasteiger partial charge in [0.05, 0.1) is 0 Å². The van der Waals surface area contributed by atoms with Crippen LogP contribution in [0.1, 0.15) is 13.8 Å². The second-order valence-electron chi connectivity index (χ2n) is 2.96. The summed E-state index contributed by atoms with van der Waals surface area (Å²) in [6, 6.07) is -0.300. The summed E-state index contributed by atoms with van der Waals surface area (Å²) in [5.74, 6) is 0.611. The fourth-order valence-corrected chi connectivity index (χ4v) is 0.545. The topological polar surface area (TPSA) is 45.0 Å². The van der Waals surface area contributed by atoms with Gasteiger partial charge in [0.15, 0.2) is 0 Å². The molecule has 68 valence electrons. The summed E-state index contributed by atoms with van der Waals surface area (Å²) in [5.41, 5.74) is 0. The van der Waals surface area contributed by atoms with Crippen LogP contribution in [0.25, 0.3) is 0 Å². The van der Waals surface area contributed by atoms with Crippen molar-refractivity contribution in [1.82, 2.24) is 4.90 Å². The summed E-state index contributed by atoms with van der Waals surface area (Å²) in [5, 5.41) is 0. The van der Waals surface area contributed by atoms with Crippen LogP contribution in [-0.2, 0) is 0 Å². The number of rotatable bonds is 1. The van der Waals surface area contributed by atoms with E-state index < -0.39 is 0 Å². The number of amidine groups is 1. The summed E-state index contributed by atoms with van der Waals surface area (Å²) < 4.78 is 0. The summed E-state index contributed by atoms with van der Waals surface area (Å²) in [7, 11) is 3.29. The van der Waals surface area contributed by atoms with Gasteiger partial charge in [-0.3, -0.25) is 0 Å². The normalized spacial score (nSPS) is 11.6. The molecule has 0 atom stereocenters. The minimum Gasteiger partial charge on any atom is -0.329 e. The number of carbonyl (C=O) groups excluding carboxylic acids is 1. The molecule has 0 bridgehead atoms. The van der Waals surface area contributed by atoms with Crippen molar-refractivity contribution in [3.05, 3.63) is 0 Å². The fourth-order valence-electron chi connectivity index (χ4n) is 0.545. The zero-order chi connectivity index (χ0) is 9.72. The molecule has 0 saturated carbocycles. The Labute approximate surface area is 73.0 Å². The quantitative estimate of drug-likeness (QED) is 0.432. The number of hydrogen-bond donors (Lipinski definition) is 0. The molecule has 0 heterocycles. The first kappa shape index (κ1) is 10.8. The SMILES string of the molecule is C=N/C(=N\C(=O)N(C)C)C(C)C. The highest BCUT2D eigenvalue weighted by atomic mass is 16.2. The van der Waals surface area contributed by atoms with E-state index in [9.17, 15) is 4.79 Å². The highest BCUT2D eigenvalue weighted by Crippen LogP contribution is 1.99. The molecule has 2 amide bonds. The number of carbonyl (C=O) groups is 1. The Morgan fingerprint density at radius 1 is 1.42 bits per heavy atom. The summed E-state index contributed by atoms with van der Waals surface area (Å²) in [4.78, 5) is 19.9. The summed E-state index contributed by atoms with van der Waals surface area (Å²) in [6.45, 7) is 7.17. The van der Waals surface area contributed by atoms with Crippen molar-refractivity contribution in [1.29, 1.82) is 0 Å². The third kappa shape index (κ3) is 3.27. The second kappa shape index (κ2) is 4.64. The molecule has 0 aromatic heterocycles. The van der Waals surface area contributed by atoms with Gasteiger partial charge in [-0.05, 0) is 6.72 Å². The molecule has 0 aliphatic carbocycles. The number of aliphatic imine (C=N–C) groups is 2. The molecule has 0 N–H and O–H groups in total. The summed E-state index contributed by atoms with van der Waals surface area (Å²) >= 11 is 0. The van der Waals surface area contributed by atoms with Crippen LogP contribution < -0.4 is 0 Å². The minimum atomic E-state index is -0.300. The van der Waals surface area contributed by atoms with Crippen molar-refractivity contribution in [2.45, 2.75) is 13.8 Å². The molecule has 4 nitrogen and oxygen atoms in total. The van der Waals surface area contributed by atoms with Crippen molar-refractivity contribution in [3.63, 3.8) is 0 Å². The molecule has 0 aromatic carbocycles. The zero-order valence-electron chi connectivity index (χ0n) is 8.03. The van der Waals surface area contributed by atoms with E-state index in [-0.39, 0.29) is 11.9 Å². The largest absolute Gasteiger partial charge is 0.344 e. The van der Waals surface area contributed by atoms with E-state index in [1.165, 1.54) is 4.90 Å². The van der Waals surface area contributed by atoms with Crippen LogP contribution in [0, 0.1) is 5.92 Å². The van der Waals surface area contributed by atoms with Crippen LogP contribution in [0.2, 0.25) is 0 Å². The maximum atomic E-state index is 11.1. The molecule has 0 saturated heterocycles. The molecule has 4 heteroatoms. The molecular weight excluding hydrogens is 154 g/mol. The van der Waals surface area contributed by atoms with Crippen molar-refractivity contribution in [3.8, 4) is 0 Å². The van der Waals surface area contributed by atoms with Gasteiger partial charge in [-0.2, -0.15) is 4.99 Å². The fraction of sp³-hybridized carbons (Fsp3) is 0.625. The molecule has 0 rings (SSSR count). The van der Waals surface area contributed by atoms with E-state index in [1.807, 2.05) is 13.8 Å². The summed E-state index contributed by atoms with van der Waals surface area (Å²) in [6.07, 6.45) is 0. The van der Waals surface area contributed by atoms with E-state index in [0.29, 0.717) is 5.84 Å². The van der Waals surface area contributed by atoms with Gasteiger partial charge in [0.2, 0.25) is 0 Å². The van der Waals surface area contributed by atoms with Crippen molar-refractivity contribution >= 4 is 18.6 Å². The van der Waals surface area contributed by atoms with Gasteiger partial charge < -0.3 is 4.90 Å². The van der Waals surface area contributed by atoms with Crippen LogP contribution >= 0.6 is 0 Å². The van der Waals surface area contributed by atoms with E-state index in [4.69, 9.17) is 0 Å². The first-order valence-electron chi connectivity index (χ1n) is 3.75. The van der Waals surface area contributed by atoms with Crippen LogP contribution in [0.15, 0.2) is 9.98 Å². The van der Waals surface area contributed by atoms with Gasteiger partial charge in [-0.15, -0.1) is 0 Å². The highest BCUT2D eigenvalue weighted by molar-refractivity contribution is 5.96. The smallest absolute Gasteiger partial charge is 0.329 e. The standard InChI is InChI=1S/C8H15N3O/c1-6(2)7(9-3)10-8(12)11(4)5/h6H,3H2,1-2,4-5H3/b10-7-. The Morgan fingerprint density at radius 2 is 1.92 bits per heavy atom. The number of amides is 2. The Morgan fingerprint density at radius 3 is 2.17 bits per heavy atom. The van der Waals surface area contributed by atoms with Gasteiger partial charge in [0.25, 0.3) is 0 Å². The first-order chi connectivity index (χ1) is 5.49. The van der Waals surface area contributed by atoms with Crippen LogP contribution in [0.3, 0.4) is 0 Å². The highest BCUT2D eigenvalue weighted by Gasteiger charge is 2.06. The maximum absolute atomic E-state index is 11.1. The Bertz CT molecular complexity index is 206. The predicted octanol–water partition coefficient (Wildman–Crippen LogP) is 1.42. The average Bonchev–Trinajstić information content (AvgIpc) is 1.98. The van der Waals surface area contributed by atoms with E-state index in [2.05, 4.69) is 16.7 Å². The zero-order valence-corrected chi connectivity index (χ0v) is 8.03. The number of nitrogens with zero attached hydrogens (tertiary/aromatic N) is 3.